The zero-order chi connectivity index (χ0) is 31.9. The van der Waals surface area contributed by atoms with Gasteiger partial charge in [0.15, 0.2) is 0 Å². The highest BCUT2D eigenvalue weighted by molar-refractivity contribution is 9.10. The quantitative estimate of drug-likeness (QED) is 0.192. The predicted molar refractivity (Wildman–Crippen MR) is 185 cm³/mol. The highest BCUT2D eigenvalue weighted by Gasteiger charge is 2.42. The van der Waals surface area contributed by atoms with E-state index in [0.717, 1.165) is 56.0 Å². The minimum Gasteiger partial charge on any atom is -0.494 e. The SMILES string of the molecule is COc1cc(N2CCC(N3CC(C)(CO)C3)CC2)c(C)cc1Nc1ncc(Br)c(Nc2ccc3nccnc3c2P(C)(C)=O)n1. The summed E-state index contributed by atoms with van der Waals surface area (Å²) in [7, 11) is -1.07. The smallest absolute Gasteiger partial charge is 0.229 e. The maximum atomic E-state index is 13.4. The molecule has 45 heavy (non-hydrogen) atoms. The molecule has 2 aromatic heterocycles. The molecule has 0 radical (unpaired) electrons. The number of methoxy groups -OCH3 is 1. The Balaban J connectivity index is 1.20. The number of rotatable bonds is 9. The number of ether oxygens (including phenoxy) is 1. The van der Waals surface area contributed by atoms with Crippen LogP contribution in [0.3, 0.4) is 0 Å². The Morgan fingerprint density at radius 3 is 2.51 bits per heavy atom. The van der Waals surface area contributed by atoms with Gasteiger partial charge in [0, 0.05) is 68.0 Å². The number of benzene rings is 2. The lowest BCUT2D eigenvalue weighted by atomic mass is 9.80. The topological polar surface area (TPSA) is 129 Å². The number of aryl methyl sites for hydroxylation is 1. The molecular formula is C32H40BrN8O3P. The molecule has 0 spiro atoms. The lowest BCUT2D eigenvalue weighted by molar-refractivity contribution is -0.0570. The van der Waals surface area contributed by atoms with Crippen LogP contribution in [-0.4, -0.2) is 89.2 Å². The molecule has 0 saturated carbocycles. The molecule has 0 bridgehead atoms. The van der Waals surface area contributed by atoms with Crippen LogP contribution < -0.4 is 25.6 Å². The monoisotopic (exact) mass is 694 g/mol. The number of anilines is 5. The molecule has 2 aromatic carbocycles. The fourth-order valence-corrected chi connectivity index (χ4v) is 8.16. The molecule has 0 aliphatic carbocycles. The van der Waals surface area contributed by atoms with Gasteiger partial charge in [0.2, 0.25) is 5.95 Å². The molecule has 0 amide bonds. The van der Waals surface area contributed by atoms with Gasteiger partial charge in [-0.05, 0) is 72.8 Å². The van der Waals surface area contributed by atoms with Crippen molar-refractivity contribution in [1.29, 1.82) is 0 Å². The van der Waals surface area contributed by atoms with Crippen LogP contribution in [-0.2, 0) is 4.57 Å². The molecular weight excluding hydrogens is 655 g/mol. The van der Waals surface area contributed by atoms with Crippen molar-refractivity contribution < 1.29 is 14.4 Å². The summed E-state index contributed by atoms with van der Waals surface area (Å²) in [6.07, 6.45) is 7.11. The number of aliphatic hydroxyl groups is 1. The van der Waals surface area contributed by atoms with Gasteiger partial charge in [0.25, 0.3) is 0 Å². The van der Waals surface area contributed by atoms with E-state index in [1.54, 1.807) is 39.0 Å². The van der Waals surface area contributed by atoms with Crippen molar-refractivity contribution in [3.63, 3.8) is 0 Å². The number of nitrogens with one attached hydrogen (secondary N) is 2. The molecule has 2 aliphatic heterocycles. The van der Waals surface area contributed by atoms with Gasteiger partial charge >= 0.3 is 0 Å². The summed E-state index contributed by atoms with van der Waals surface area (Å²) in [4.78, 5) is 23.1. The number of hydrogen-bond donors (Lipinski definition) is 3. The zero-order valence-corrected chi connectivity index (χ0v) is 28.8. The highest BCUT2D eigenvalue weighted by Crippen LogP contribution is 2.42. The molecule has 2 fully saturated rings. The van der Waals surface area contributed by atoms with Crippen molar-refractivity contribution >= 4 is 68.2 Å². The molecule has 4 heterocycles. The molecule has 0 unspecified atom stereocenters. The van der Waals surface area contributed by atoms with Gasteiger partial charge in [-0.3, -0.25) is 14.9 Å². The second-order valence-corrected chi connectivity index (χ2v) is 16.8. The first-order valence-electron chi connectivity index (χ1n) is 15.1. The summed E-state index contributed by atoms with van der Waals surface area (Å²) in [5.41, 5.74) is 5.06. The fraction of sp³-hybridized carbons (Fsp3) is 0.438. The van der Waals surface area contributed by atoms with E-state index in [0.29, 0.717) is 50.1 Å². The van der Waals surface area contributed by atoms with E-state index in [4.69, 9.17) is 9.72 Å². The summed E-state index contributed by atoms with van der Waals surface area (Å²) in [6.45, 7) is 11.9. The van der Waals surface area contributed by atoms with E-state index in [1.807, 2.05) is 12.1 Å². The third kappa shape index (κ3) is 6.52. The predicted octanol–water partition coefficient (Wildman–Crippen LogP) is 5.52. The van der Waals surface area contributed by atoms with Crippen LogP contribution in [0.4, 0.5) is 28.8 Å². The number of halogens is 1. The van der Waals surface area contributed by atoms with E-state index >= 15 is 0 Å². The van der Waals surface area contributed by atoms with Crippen molar-refractivity contribution in [2.24, 2.45) is 5.41 Å². The number of likely N-dealkylation sites (tertiary alicyclic amines) is 1. The molecule has 11 nitrogen and oxygen atoms in total. The average molecular weight is 696 g/mol. The zero-order valence-electron chi connectivity index (χ0n) is 26.3. The minimum absolute atomic E-state index is 0.0585. The average Bonchev–Trinajstić information content (AvgIpc) is 3.00. The van der Waals surface area contributed by atoms with Gasteiger partial charge in [0.05, 0.1) is 40.4 Å². The molecule has 0 atom stereocenters. The second-order valence-electron chi connectivity index (χ2n) is 12.8. The lowest BCUT2D eigenvalue weighted by Gasteiger charge is -2.52. The van der Waals surface area contributed by atoms with Gasteiger partial charge in [-0.1, -0.05) is 6.92 Å². The van der Waals surface area contributed by atoms with E-state index in [-0.39, 0.29) is 12.0 Å². The number of aromatic nitrogens is 4. The first kappa shape index (κ1) is 31.7. The Bertz CT molecular complexity index is 1770. The lowest BCUT2D eigenvalue weighted by Crippen LogP contribution is -2.61. The van der Waals surface area contributed by atoms with Crippen LogP contribution in [0.1, 0.15) is 25.3 Å². The molecule has 2 saturated heterocycles. The molecule has 2 aliphatic rings. The van der Waals surface area contributed by atoms with Crippen LogP contribution in [0.5, 0.6) is 5.75 Å². The number of piperidine rings is 1. The van der Waals surface area contributed by atoms with Crippen LogP contribution >= 0.6 is 23.1 Å². The summed E-state index contributed by atoms with van der Waals surface area (Å²) in [6, 6.07) is 8.45. The van der Waals surface area contributed by atoms with Crippen molar-refractivity contribution in [1.82, 2.24) is 24.8 Å². The van der Waals surface area contributed by atoms with E-state index in [1.165, 1.54) is 0 Å². The summed E-state index contributed by atoms with van der Waals surface area (Å²) in [5.74, 6) is 1.60. The third-order valence-electron chi connectivity index (χ3n) is 8.79. The summed E-state index contributed by atoms with van der Waals surface area (Å²) < 4.78 is 19.9. The minimum atomic E-state index is -2.74. The van der Waals surface area contributed by atoms with Gasteiger partial charge in [-0.25, -0.2) is 4.98 Å². The van der Waals surface area contributed by atoms with Crippen molar-refractivity contribution in [3.05, 3.63) is 52.9 Å². The Morgan fingerprint density at radius 1 is 1.09 bits per heavy atom. The maximum absolute atomic E-state index is 13.4. The van der Waals surface area contributed by atoms with Gasteiger partial charge < -0.3 is 29.9 Å². The second kappa shape index (κ2) is 12.5. The molecule has 6 rings (SSSR count). The van der Waals surface area contributed by atoms with Crippen molar-refractivity contribution in [2.75, 3.05) is 68.8 Å². The van der Waals surface area contributed by atoms with Crippen LogP contribution in [0.15, 0.2) is 47.3 Å². The standard InChI is InChI=1S/C32H40BrN8O3P/c1-20-14-25(27(44-3)15-26(20)40-12-8-21(9-13-40)41-17-32(2,18-41)19-42)38-31-36-16-22(33)30(39-31)37-24-7-6-23-28(35-11-10-34-23)29(24)45(4,5)43/h6-7,10-11,14-16,21,42H,8-9,12-13,17-19H2,1-5H3,(H2,36,37,38,39). The fourth-order valence-electron chi connectivity index (χ4n) is 6.48. The molecule has 13 heteroatoms. The Labute approximate surface area is 272 Å². The molecule has 238 valence electrons. The first-order chi connectivity index (χ1) is 21.5. The Hall–Kier alpha value is -3.31. The van der Waals surface area contributed by atoms with Gasteiger partial charge in [0.1, 0.15) is 24.2 Å². The highest BCUT2D eigenvalue weighted by atomic mass is 79.9. The molecule has 3 N–H and O–H groups in total. The summed E-state index contributed by atoms with van der Waals surface area (Å²) >= 11 is 3.57. The van der Waals surface area contributed by atoms with E-state index < -0.39 is 7.14 Å². The van der Waals surface area contributed by atoms with E-state index in [2.05, 4.69) is 77.3 Å². The summed E-state index contributed by atoms with van der Waals surface area (Å²) in [5, 5.41) is 16.9. The maximum Gasteiger partial charge on any atom is 0.229 e. The Morgan fingerprint density at radius 2 is 1.82 bits per heavy atom. The van der Waals surface area contributed by atoms with Crippen LogP contribution in [0, 0.1) is 12.3 Å². The van der Waals surface area contributed by atoms with Crippen molar-refractivity contribution in [2.45, 2.75) is 32.7 Å². The number of aliphatic hydroxyl groups excluding tert-OH is 1. The van der Waals surface area contributed by atoms with Gasteiger partial charge in [-0.15, -0.1) is 0 Å². The van der Waals surface area contributed by atoms with Crippen LogP contribution in [0.25, 0.3) is 11.0 Å². The number of nitrogens with zero attached hydrogens (tertiary/aromatic N) is 6. The first-order valence-corrected chi connectivity index (χ1v) is 18.5. The third-order valence-corrected chi connectivity index (χ3v) is 10.9. The van der Waals surface area contributed by atoms with Gasteiger partial charge in [-0.2, -0.15) is 4.98 Å². The van der Waals surface area contributed by atoms with E-state index in [9.17, 15) is 9.67 Å². The normalized spacial score (nSPS) is 17.3. The number of fused-ring (bicyclic) bond motifs is 1. The Kier molecular flexibility index (Phi) is 8.78. The van der Waals surface area contributed by atoms with Crippen LogP contribution in [0.2, 0.25) is 0 Å². The number of hydrogen-bond acceptors (Lipinski definition) is 11. The molecule has 4 aromatic rings. The van der Waals surface area contributed by atoms with Crippen molar-refractivity contribution in [3.8, 4) is 5.75 Å². The largest absolute Gasteiger partial charge is 0.494 e.